The van der Waals surface area contributed by atoms with Gasteiger partial charge in [-0.25, -0.2) is 9.78 Å². The molecule has 0 aliphatic carbocycles. The third-order valence-corrected chi connectivity index (χ3v) is 1.01. The van der Waals surface area contributed by atoms with E-state index in [1.165, 1.54) is 6.20 Å². The lowest BCUT2D eigenvalue weighted by Gasteiger charge is -1.76. The monoisotopic (exact) mass is 150 g/mol. The van der Waals surface area contributed by atoms with E-state index in [0.717, 1.165) is 5.82 Å². The SMILES string of the molecule is Cc1ncc(C#CC(=O)O)[nH]1. The molecule has 1 aromatic heterocycles. The highest BCUT2D eigenvalue weighted by molar-refractivity contribution is 5.87. The first-order valence-corrected chi connectivity index (χ1v) is 2.95. The van der Waals surface area contributed by atoms with Crippen molar-refractivity contribution in [3.63, 3.8) is 0 Å². The Balaban J connectivity index is 2.82. The van der Waals surface area contributed by atoms with Crippen LogP contribution in [0.15, 0.2) is 6.20 Å². The van der Waals surface area contributed by atoms with E-state index in [9.17, 15) is 4.79 Å². The van der Waals surface area contributed by atoms with Gasteiger partial charge in [0.2, 0.25) is 0 Å². The van der Waals surface area contributed by atoms with Gasteiger partial charge in [-0.15, -0.1) is 0 Å². The molecule has 0 atom stereocenters. The fraction of sp³-hybridized carbons (Fsp3) is 0.143. The molecule has 0 saturated carbocycles. The van der Waals surface area contributed by atoms with Crippen LogP contribution in [0, 0.1) is 18.8 Å². The number of nitrogens with one attached hydrogen (secondary N) is 1. The predicted molar refractivity (Wildman–Crippen MR) is 37.8 cm³/mol. The minimum atomic E-state index is -1.14. The molecule has 11 heavy (non-hydrogen) atoms. The average molecular weight is 150 g/mol. The van der Waals surface area contributed by atoms with E-state index in [1.54, 1.807) is 6.92 Å². The summed E-state index contributed by atoms with van der Waals surface area (Å²) in [4.78, 5) is 16.6. The van der Waals surface area contributed by atoms with Crippen molar-refractivity contribution >= 4 is 5.97 Å². The van der Waals surface area contributed by atoms with Crippen molar-refractivity contribution in [3.05, 3.63) is 17.7 Å². The fourth-order valence-corrected chi connectivity index (χ4v) is 0.605. The molecule has 0 spiro atoms. The number of H-pyrrole nitrogens is 1. The minimum Gasteiger partial charge on any atom is -0.472 e. The zero-order chi connectivity index (χ0) is 8.27. The highest BCUT2D eigenvalue weighted by Gasteiger charge is 1.90. The lowest BCUT2D eigenvalue weighted by molar-refractivity contribution is -0.130. The van der Waals surface area contributed by atoms with Crippen LogP contribution in [0.1, 0.15) is 11.5 Å². The number of carbonyl (C=O) groups is 1. The third-order valence-electron chi connectivity index (χ3n) is 1.01. The summed E-state index contributed by atoms with van der Waals surface area (Å²) in [7, 11) is 0. The second-order valence-electron chi connectivity index (χ2n) is 1.94. The van der Waals surface area contributed by atoms with E-state index in [1.807, 2.05) is 5.92 Å². The molecule has 1 heterocycles. The number of carboxylic acid groups (broad SMARTS) is 1. The fourth-order valence-electron chi connectivity index (χ4n) is 0.605. The molecule has 1 rings (SSSR count). The maximum absolute atomic E-state index is 9.97. The van der Waals surface area contributed by atoms with Gasteiger partial charge in [-0.2, -0.15) is 0 Å². The molecule has 0 aliphatic heterocycles. The normalized spacial score (nSPS) is 8.45. The number of aryl methyl sites for hydroxylation is 1. The van der Waals surface area contributed by atoms with Gasteiger partial charge < -0.3 is 10.1 Å². The number of nitrogens with zero attached hydrogens (tertiary/aromatic N) is 1. The van der Waals surface area contributed by atoms with Crippen LogP contribution in [-0.2, 0) is 4.79 Å². The van der Waals surface area contributed by atoms with Gasteiger partial charge in [0.05, 0.1) is 6.20 Å². The van der Waals surface area contributed by atoms with Gasteiger partial charge in [-0.3, -0.25) is 0 Å². The Morgan fingerprint density at radius 1 is 1.82 bits per heavy atom. The molecule has 0 aliphatic rings. The van der Waals surface area contributed by atoms with Crippen molar-refractivity contribution in [2.45, 2.75) is 6.92 Å². The second kappa shape index (κ2) is 2.88. The van der Waals surface area contributed by atoms with E-state index in [-0.39, 0.29) is 0 Å². The van der Waals surface area contributed by atoms with E-state index in [4.69, 9.17) is 5.11 Å². The van der Waals surface area contributed by atoms with Crippen LogP contribution in [0.2, 0.25) is 0 Å². The topological polar surface area (TPSA) is 66.0 Å². The molecule has 0 unspecified atom stereocenters. The number of carboxylic acids is 1. The maximum atomic E-state index is 9.97. The predicted octanol–water partition coefficient (Wildman–Crippen LogP) is 0.154. The Kier molecular flexibility index (Phi) is 1.93. The summed E-state index contributed by atoms with van der Waals surface area (Å²) in [5, 5.41) is 8.17. The summed E-state index contributed by atoms with van der Waals surface area (Å²) >= 11 is 0. The quantitative estimate of drug-likeness (QED) is 0.517. The van der Waals surface area contributed by atoms with Gasteiger partial charge in [0.15, 0.2) is 0 Å². The molecule has 0 saturated heterocycles. The number of imidazole rings is 1. The van der Waals surface area contributed by atoms with Gasteiger partial charge in [-0.05, 0) is 12.8 Å². The number of hydrogen-bond donors (Lipinski definition) is 2. The number of rotatable bonds is 0. The van der Waals surface area contributed by atoms with E-state index >= 15 is 0 Å². The van der Waals surface area contributed by atoms with Crippen molar-refractivity contribution in [1.29, 1.82) is 0 Å². The van der Waals surface area contributed by atoms with Crippen LogP contribution in [0.4, 0.5) is 0 Å². The molecule has 2 N–H and O–H groups in total. The van der Waals surface area contributed by atoms with Gasteiger partial charge in [0, 0.05) is 5.92 Å². The Morgan fingerprint density at radius 2 is 2.55 bits per heavy atom. The molecule has 0 bridgehead atoms. The van der Waals surface area contributed by atoms with E-state index < -0.39 is 5.97 Å². The van der Waals surface area contributed by atoms with Crippen molar-refractivity contribution < 1.29 is 9.90 Å². The van der Waals surface area contributed by atoms with Crippen molar-refractivity contribution in [2.24, 2.45) is 0 Å². The Bertz CT molecular complexity index is 330. The van der Waals surface area contributed by atoms with Crippen molar-refractivity contribution in [2.75, 3.05) is 0 Å². The number of aliphatic carboxylic acids is 1. The number of hydrogen-bond acceptors (Lipinski definition) is 2. The van der Waals surface area contributed by atoms with Gasteiger partial charge in [0.25, 0.3) is 0 Å². The van der Waals surface area contributed by atoms with E-state index in [2.05, 4.69) is 15.9 Å². The molecule has 4 nitrogen and oxygen atoms in total. The van der Waals surface area contributed by atoms with Gasteiger partial charge >= 0.3 is 5.97 Å². The summed E-state index contributed by atoms with van der Waals surface area (Å²) in [6.07, 6.45) is 1.49. The highest BCUT2D eigenvalue weighted by atomic mass is 16.4. The Labute approximate surface area is 63.3 Å². The number of aromatic amines is 1. The molecule has 0 radical (unpaired) electrons. The summed E-state index contributed by atoms with van der Waals surface area (Å²) < 4.78 is 0. The van der Waals surface area contributed by atoms with Crippen LogP contribution in [-0.4, -0.2) is 21.0 Å². The van der Waals surface area contributed by atoms with Gasteiger partial charge in [-0.1, -0.05) is 0 Å². The van der Waals surface area contributed by atoms with Crippen LogP contribution >= 0.6 is 0 Å². The third kappa shape index (κ3) is 2.14. The largest absolute Gasteiger partial charge is 0.472 e. The first-order valence-electron chi connectivity index (χ1n) is 2.95. The summed E-state index contributed by atoms with van der Waals surface area (Å²) in [5.41, 5.74) is 0.518. The Morgan fingerprint density at radius 3 is 3.00 bits per heavy atom. The highest BCUT2D eigenvalue weighted by Crippen LogP contribution is 1.91. The molecule has 0 fully saturated rings. The first-order chi connectivity index (χ1) is 5.18. The summed E-state index contributed by atoms with van der Waals surface area (Å²) in [6, 6.07) is 0. The van der Waals surface area contributed by atoms with Crippen LogP contribution in [0.5, 0.6) is 0 Å². The lowest BCUT2D eigenvalue weighted by Crippen LogP contribution is -1.87. The van der Waals surface area contributed by atoms with Crippen LogP contribution < -0.4 is 0 Å². The van der Waals surface area contributed by atoms with Gasteiger partial charge in [0.1, 0.15) is 11.5 Å². The standard InChI is InChI=1S/C7H6N2O2/c1-5-8-4-6(9-5)2-3-7(10)11/h4H,1H3,(H,8,9)(H,10,11). The summed E-state index contributed by atoms with van der Waals surface area (Å²) in [6.45, 7) is 1.77. The molecular weight excluding hydrogens is 144 g/mol. The zero-order valence-electron chi connectivity index (χ0n) is 5.88. The number of aromatic nitrogens is 2. The first kappa shape index (κ1) is 7.35. The average Bonchev–Trinajstić information content (AvgIpc) is 2.31. The molecular formula is C7H6N2O2. The van der Waals surface area contributed by atoms with Crippen LogP contribution in [0.3, 0.4) is 0 Å². The molecule has 56 valence electrons. The van der Waals surface area contributed by atoms with Crippen molar-refractivity contribution in [3.8, 4) is 11.8 Å². The van der Waals surface area contributed by atoms with E-state index in [0.29, 0.717) is 5.69 Å². The minimum absolute atomic E-state index is 0.518. The molecule has 1 aromatic rings. The maximum Gasteiger partial charge on any atom is 0.382 e. The molecule has 4 heteroatoms. The second-order valence-corrected chi connectivity index (χ2v) is 1.94. The lowest BCUT2D eigenvalue weighted by atomic mass is 10.5. The zero-order valence-corrected chi connectivity index (χ0v) is 5.88. The smallest absolute Gasteiger partial charge is 0.382 e. The summed E-state index contributed by atoms with van der Waals surface area (Å²) in [5.74, 6) is 3.95. The Hall–Kier alpha value is -1.76. The van der Waals surface area contributed by atoms with Crippen molar-refractivity contribution in [1.82, 2.24) is 9.97 Å². The molecule has 0 aromatic carbocycles. The molecule has 0 amide bonds. The van der Waals surface area contributed by atoms with Crippen LogP contribution in [0.25, 0.3) is 0 Å².